The first-order valence-electron chi connectivity index (χ1n) is 4.97. The van der Waals surface area contributed by atoms with Gasteiger partial charge in [0, 0.05) is 0 Å². The summed E-state index contributed by atoms with van der Waals surface area (Å²) in [5, 5.41) is 16.4. The van der Waals surface area contributed by atoms with Crippen LogP contribution in [-0.2, 0) is 22.7 Å². The lowest BCUT2D eigenvalue weighted by atomic mass is 10.5. The van der Waals surface area contributed by atoms with Crippen LogP contribution in [0.3, 0.4) is 0 Å². The average molecular weight is 290 g/mol. The van der Waals surface area contributed by atoms with E-state index >= 15 is 0 Å². The number of hydrogen-bond donors (Lipinski definition) is 0. The normalized spacial score (nSPS) is 11.9. The largest absolute Gasteiger partial charge is 0.264 e. The molecule has 0 saturated carbocycles. The Labute approximate surface area is 107 Å². The maximum Gasteiger partial charge on any atom is 0.264 e. The molecule has 6 nitrogen and oxygen atoms in total. The zero-order chi connectivity index (χ0) is 12.5. The number of hydrogen-bond acceptors (Lipinski definition) is 8. The fourth-order valence-electron chi connectivity index (χ4n) is 1.05. The van der Waals surface area contributed by atoms with Gasteiger partial charge in [0.25, 0.3) is 9.84 Å². The van der Waals surface area contributed by atoms with Crippen molar-refractivity contribution in [2.24, 2.45) is 0 Å². The van der Waals surface area contributed by atoms with Crippen molar-refractivity contribution in [3.8, 4) is 0 Å². The van der Waals surface area contributed by atoms with E-state index in [4.69, 9.17) is 0 Å². The molecule has 2 heterocycles. The van der Waals surface area contributed by atoms with Crippen LogP contribution in [-0.4, -0.2) is 28.8 Å². The molecule has 9 heteroatoms. The Morgan fingerprint density at radius 1 is 0.882 bits per heavy atom. The average Bonchev–Trinajstić information content (AvgIpc) is 2.98. The van der Waals surface area contributed by atoms with E-state index in [1.165, 1.54) is 0 Å². The Morgan fingerprint density at radius 2 is 1.29 bits per heavy atom. The maximum atomic E-state index is 12.1. The summed E-state index contributed by atoms with van der Waals surface area (Å²) in [6.07, 6.45) is 1.34. The van der Waals surface area contributed by atoms with E-state index in [1.54, 1.807) is 0 Å². The molecule has 0 bridgehead atoms. The molecule has 2 aromatic heterocycles. The van der Waals surface area contributed by atoms with Gasteiger partial charge >= 0.3 is 0 Å². The molecular weight excluding hydrogens is 280 g/mol. The zero-order valence-electron chi connectivity index (χ0n) is 9.24. The third kappa shape index (κ3) is 2.35. The first kappa shape index (κ1) is 12.5. The summed E-state index contributed by atoms with van der Waals surface area (Å²) in [6, 6.07) is 0. The fraction of sp³-hybridized carbons (Fsp3) is 0.500. The summed E-state index contributed by atoms with van der Waals surface area (Å²) < 4.78 is 24.2. The number of nitrogens with zero attached hydrogens (tertiary/aromatic N) is 4. The lowest BCUT2D eigenvalue weighted by Gasteiger charge is -1.91. The molecule has 92 valence electrons. The van der Waals surface area contributed by atoms with Crippen LogP contribution in [0.1, 0.15) is 23.9 Å². The van der Waals surface area contributed by atoms with E-state index < -0.39 is 9.84 Å². The van der Waals surface area contributed by atoms with Crippen molar-refractivity contribution in [1.82, 2.24) is 20.4 Å². The Bertz CT molecular complexity index is 568. The van der Waals surface area contributed by atoms with E-state index in [1.807, 2.05) is 13.8 Å². The predicted octanol–water partition coefficient (Wildman–Crippen LogP) is 1.35. The Balaban J connectivity index is 2.42. The van der Waals surface area contributed by atoms with Crippen molar-refractivity contribution >= 4 is 32.5 Å². The van der Waals surface area contributed by atoms with Crippen LogP contribution in [0.2, 0.25) is 0 Å². The summed E-state index contributed by atoms with van der Waals surface area (Å²) in [4.78, 5) is 0. The van der Waals surface area contributed by atoms with Gasteiger partial charge in [0.2, 0.25) is 8.68 Å². The molecule has 0 aromatic carbocycles. The molecular formula is C8H10N4O2S3. The highest BCUT2D eigenvalue weighted by Gasteiger charge is 2.26. The van der Waals surface area contributed by atoms with Crippen LogP contribution in [0.5, 0.6) is 0 Å². The van der Waals surface area contributed by atoms with Gasteiger partial charge in [-0.1, -0.05) is 36.5 Å². The summed E-state index contributed by atoms with van der Waals surface area (Å²) in [5.74, 6) is 0. The van der Waals surface area contributed by atoms with Gasteiger partial charge in [-0.15, -0.1) is 20.4 Å². The van der Waals surface area contributed by atoms with E-state index in [0.717, 1.165) is 22.7 Å². The van der Waals surface area contributed by atoms with Gasteiger partial charge < -0.3 is 0 Å². The summed E-state index contributed by atoms with van der Waals surface area (Å²) in [7, 11) is -3.63. The second-order valence-corrected chi connectivity index (χ2v) is 7.56. The van der Waals surface area contributed by atoms with Crippen LogP contribution in [0.25, 0.3) is 0 Å². The summed E-state index contributed by atoms with van der Waals surface area (Å²) in [6.45, 7) is 3.80. The topological polar surface area (TPSA) is 85.7 Å². The summed E-state index contributed by atoms with van der Waals surface area (Å²) in [5.41, 5.74) is 0. The highest BCUT2D eigenvalue weighted by Crippen LogP contribution is 2.26. The molecule has 0 aliphatic heterocycles. The van der Waals surface area contributed by atoms with Crippen LogP contribution in [0.15, 0.2) is 8.68 Å². The first-order valence-corrected chi connectivity index (χ1v) is 8.09. The quantitative estimate of drug-likeness (QED) is 0.845. The minimum Gasteiger partial charge on any atom is -0.213 e. The standard InChI is InChI=1S/C8H10N4O2S3/c1-3-5-9-11-7(15-5)17(13,14)8-12-10-6(4-2)16-8/h3-4H2,1-2H3. The van der Waals surface area contributed by atoms with Crippen LogP contribution >= 0.6 is 22.7 Å². The molecule has 0 unspecified atom stereocenters. The lowest BCUT2D eigenvalue weighted by Crippen LogP contribution is -2.00. The van der Waals surface area contributed by atoms with Crippen molar-refractivity contribution in [3.63, 3.8) is 0 Å². The van der Waals surface area contributed by atoms with E-state index in [-0.39, 0.29) is 8.68 Å². The molecule has 0 aliphatic carbocycles. The Kier molecular flexibility index (Phi) is 3.50. The molecule has 0 spiro atoms. The van der Waals surface area contributed by atoms with Gasteiger partial charge in [-0.25, -0.2) is 8.42 Å². The van der Waals surface area contributed by atoms with Gasteiger partial charge in [-0.05, 0) is 12.8 Å². The van der Waals surface area contributed by atoms with Crippen molar-refractivity contribution in [1.29, 1.82) is 0 Å². The first-order chi connectivity index (χ1) is 8.07. The van der Waals surface area contributed by atoms with Crippen LogP contribution in [0.4, 0.5) is 0 Å². The van der Waals surface area contributed by atoms with E-state index in [9.17, 15) is 8.42 Å². The highest BCUT2D eigenvalue weighted by atomic mass is 32.3. The molecule has 0 radical (unpaired) electrons. The number of rotatable bonds is 4. The second-order valence-electron chi connectivity index (χ2n) is 3.13. The number of aryl methyl sites for hydroxylation is 2. The molecule has 2 aromatic rings. The molecule has 17 heavy (non-hydrogen) atoms. The molecule has 2 rings (SSSR count). The number of aromatic nitrogens is 4. The minimum atomic E-state index is -3.63. The molecule has 0 N–H and O–H groups in total. The van der Waals surface area contributed by atoms with Crippen LogP contribution in [0, 0.1) is 0 Å². The van der Waals surface area contributed by atoms with Gasteiger partial charge in [0.15, 0.2) is 0 Å². The Hall–Kier alpha value is -0.930. The van der Waals surface area contributed by atoms with Crippen LogP contribution < -0.4 is 0 Å². The highest BCUT2D eigenvalue weighted by molar-refractivity contribution is 7.95. The molecule has 0 amide bonds. The van der Waals surface area contributed by atoms with Gasteiger partial charge in [-0.2, -0.15) is 0 Å². The zero-order valence-corrected chi connectivity index (χ0v) is 11.7. The third-order valence-corrected chi connectivity index (χ3v) is 6.59. The van der Waals surface area contributed by atoms with Crippen molar-refractivity contribution in [2.45, 2.75) is 35.4 Å². The second kappa shape index (κ2) is 4.75. The molecule has 0 aliphatic rings. The maximum absolute atomic E-state index is 12.1. The SMILES string of the molecule is CCc1nnc(S(=O)(=O)c2nnc(CC)s2)s1. The van der Waals surface area contributed by atoms with Crippen molar-refractivity contribution in [2.75, 3.05) is 0 Å². The number of sulfone groups is 1. The fourth-order valence-corrected chi connectivity index (χ4v) is 4.61. The smallest absolute Gasteiger partial charge is 0.213 e. The molecule has 0 fully saturated rings. The third-order valence-electron chi connectivity index (χ3n) is 1.96. The van der Waals surface area contributed by atoms with Gasteiger partial charge in [-0.3, -0.25) is 0 Å². The van der Waals surface area contributed by atoms with Gasteiger partial charge in [0.1, 0.15) is 10.0 Å². The predicted molar refractivity (Wildman–Crippen MR) is 64.0 cm³/mol. The Morgan fingerprint density at radius 3 is 1.59 bits per heavy atom. The van der Waals surface area contributed by atoms with Crippen molar-refractivity contribution in [3.05, 3.63) is 10.0 Å². The summed E-state index contributed by atoms with van der Waals surface area (Å²) >= 11 is 2.16. The monoisotopic (exact) mass is 290 g/mol. The van der Waals surface area contributed by atoms with E-state index in [0.29, 0.717) is 22.9 Å². The molecule has 0 saturated heterocycles. The van der Waals surface area contributed by atoms with Crippen molar-refractivity contribution < 1.29 is 8.42 Å². The van der Waals surface area contributed by atoms with E-state index in [2.05, 4.69) is 20.4 Å². The minimum absolute atomic E-state index is 0.00634. The van der Waals surface area contributed by atoms with Gasteiger partial charge in [0.05, 0.1) is 0 Å². The molecule has 0 atom stereocenters. The lowest BCUT2D eigenvalue weighted by molar-refractivity contribution is 0.592.